The van der Waals surface area contributed by atoms with Gasteiger partial charge in [0.05, 0.1) is 0 Å². The predicted octanol–water partition coefficient (Wildman–Crippen LogP) is 2.59. The molecule has 3 heteroatoms. The van der Waals surface area contributed by atoms with Crippen LogP contribution in [-0.4, -0.2) is 16.6 Å². The average Bonchev–Trinajstić information content (AvgIpc) is 2.57. The van der Waals surface area contributed by atoms with Crippen molar-refractivity contribution in [3.8, 4) is 0 Å². The smallest absolute Gasteiger partial charge is 0.0482 e. The highest BCUT2D eigenvalue weighted by Gasteiger charge is 1.99. The number of fused-ring (bicyclic) bond motifs is 1. The van der Waals surface area contributed by atoms with E-state index >= 15 is 0 Å². The van der Waals surface area contributed by atoms with Gasteiger partial charge in [0.25, 0.3) is 0 Å². The second-order valence-electron chi connectivity index (χ2n) is 3.32. The summed E-state index contributed by atoms with van der Waals surface area (Å²) in [5.74, 6) is 1.15. The molecule has 0 atom stereocenters. The molecule has 1 aromatic heterocycles. The Morgan fingerprint density at radius 3 is 3.00 bits per heavy atom. The molecule has 0 aliphatic heterocycles. The SMILES string of the molecule is CSCCn1ccc2cc(N)ccc21. The Kier molecular flexibility index (Phi) is 2.68. The average molecular weight is 206 g/mol. The summed E-state index contributed by atoms with van der Waals surface area (Å²) in [5.41, 5.74) is 7.82. The van der Waals surface area contributed by atoms with Gasteiger partial charge in [-0.25, -0.2) is 0 Å². The molecule has 1 aromatic carbocycles. The number of nitrogen functional groups attached to an aromatic ring is 1. The molecule has 0 bridgehead atoms. The second-order valence-corrected chi connectivity index (χ2v) is 4.31. The minimum atomic E-state index is 0.833. The Bertz CT molecular complexity index is 434. The van der Waals surface area contributed by atoms with Crippen molar-refractivity contribution in [2.24, 2.45) is 0 Å². The van der Waals surface area contributed by atoms with Gasteiger partial charge in [-0.05, 0) is 30.5 Å². The third-order valence-corrected chi connectivity index (χ3v) is 2.92. The van der Waals surface area contributed by atoms with E-state index in [9.17, 15) is 0 Å². The normalized spacial score (nSPS) is 10.9. The molecule has 2 aromatic rings. The van der Waals surface area contributed by atoms with E-state index in [0.717, 1.165) is 18.0 Å². The van der Waals surface area contributed by atoms with Gasteiger partial charge in [0.1, 0.15) is 0 Å². The number of aryl methyl sites for hydroxylation is 1. The zero-order valence-corrected chi connectivity index (χ0v) is 9.05. The summed E-state index contributed by atoms with van der Waals surface area (Å²) in [6.07, 6.45) is 4.25. The standard InChI is InChI=1S/C11H14N2S/c1-14-7-6-13-5-4-9-8-10(12)2-3-11(9)13/h2-5,8H,6-7,12H2,1H3. The van der Waals surface area contributed by atoms with Crippen molar-refractivity contribution in [1.82, 2.24) is 4.57 Å². The fourth-order valence-electron chi connectivity index (χ4n) is 1.60. The van der Waals surface area contributed by atoms with Crippen LogP contribution in [0.25, 0.3) is 10.9 Å². The third kappa shape index (κ3) is 1.73. The zero-order chi connectivity index (χ0) is 9.97. The lowest BCUT2D eigenvalue weighted by atomic mass is 10.2. The molecule has 0 fully saturated rings. The van der Waals surface area contributed by atoms with E-state index < -0.39 is 0 Å². The number of nitrogens with zero attached hydrogens (tertiary/aromatic N) is 1. The van der Waals surface area contributed by atoms with Gasteiger partial charge in [0, 0.05) is 35.1 Å². The maximum Gasteiger partial charge on any atom is 0.0482 e. The van der Waals surface area contributed by atoms with Crippen molar-refractivity contribution in [1.29, 1.82) is 0 Å². The summed E-state index contributed by atoms with van der Waals surface area (Å²) in [6, 6.07) is 8.18. The van der Waals surface area contributed by atoms with Crippen molar-refractivity contribution in [3.05, 3.63) is 30.5 Å². The molecule has 0 radical (unpaired) electrons. The van der Waals surface area contributed by atoms with E-state index in [2.05, 4.69) is 29.2 Å². The van der Waals surface area contributed by atoms with Crippen LogP contribution in [0, 0.1) is 0 Å². The lowest BCUT2D eigenvalue weighted by molar-refractivity contribution is 0.808. The van der Waals surface area contributed by atoms with E-state index in [1.165, 1.54) is 10.9 Å². The van der Waals surface area contributed by atoms with Crippen molar-refractivity contribution in [2.45, 2.75) is 6.54 Å². The first kappa shape index (κ1) is 9.46. The molecule has 0 saturated heterocycles. The lowest BCUT2D eigenvalue weighted by Crippen LogP contribution is -1.97. The highest BCUT2D eigenvalue weighted by molar-refractivity contribution is 7.98. The molecule has 1 heterocycles. The van der Waals surface area contributed by atoms with E-state index in [1.807, 2.05) is 23.9 Å². The van der Waals surface area contributed by atoms with Gasteiger partial charge in [0.2, 0.25) is 0 Å². The Morgan fingerprint density at radius 1 is 1.36 bits per heavy atom. The van der Waals surface area contributed by atoms with Crippen molar-refractivity contribution in [3.63, 3.8) is 0 Å². The number of rotatable bonds is 3. The van der Waals surface area contributed by atoms with E-state index in [0.29, 0.717) is 0 Å². The molecule has 2 rings (SSSR count). The molecule has 0 unspecified atom stereocenters. The van der Waals surface area contributed by atoms with Crippen LogP contribution in [0.3, 0.4) is 0 Å². The first-order chi connectivity index (χ1) is 6.81. The van der Waals surface area contributed by atoms with Crippen molar-refractivity contribution in [2.75, 3.05) is 17.7 Å². The number of anilines is 1. The summed E-state index contributed by atoms with van der Waals surface area (Å²) in [4.78, 5) is 0. The largest absolute Gasteiger partial charge is 0.399 e. The number of nitrogens with two attached hydrogens (primary N) is 1. The number of thioether (sulfide) groups is 1. The summed E-state index contributed by atoms with van der Waals surface area (Å²) in [5, 5.41) is 1.23. The highest BCUT2D eigenvalue weighted by Crippen LogP contribution is 2.18. The first-order valence-corrected chi connectivity index (χ1v) is 6.04. The molecule has 0 amide bonds. The second kappa shape index (κ2) is 3.96. The number of hydrogen-bond donors (Lipinski definition) is 1. The van der Waals surface area contributed by atoms with Crippen molar-refractivity contribution >= 4 is 28.4 Å². The number of hydrogen-bond acceptors (Lipinski definition) is 2. The number of aromatic nitrogens is 1. The topological polar surface area (TPSA) is 30.9 Å². The van der Waals surface area contributed by atoms with E-state index in [-0.39, 0.29) is 0 Å². The van der Waals surface area contributed by atoms with E-state index in [1.54, 1.807) is 0 Å². The minimum Gasteiger partial charge on any atom is -0.399 e. The van der Waals surface area contributed by atoms with Crippen molar-refractivity contribution < 1.29 is 0 Å². The summed E-state index contributed by atoms with van der Waals surface area (Å²) >= 11 is 1.87. The van der Waals surface area contributed by atoms with E-state index in [4.69, 9.17) is 5.73 Å². The molecule has 2 nitrogen and oxygen atoms in total. The molecule has 0 aliphatic carbocycles. The minimum absolute atomic E-state index is 0.833. The van der Waals surface area contributed by atoms with Gasteiger partial charge in [-0.1, -0.05) is 0 Å². The first-order valence-electron chi connectivity index (χ1n) is 4.64. The maximum atomic E-state index is 5.72. The van der Waals surface area contributed by atoms with Crippen LogP contribution >= 0.6 is 11.8 Å². The molecule has 0 saturated carbocycles. The molecular formula is C11H14N2S. The molecule has 0 aliphatic rings. The van der Waals surface area contributed by atoms with Crippen LogP contribution in [0.15, 0.2) is 30.5 Å². The Balaban J connectivity index is 2.37. The Morgan fingerprint density at radius 2 is 2.21 bits per heavy atom. The van der Waals surface area contributed by atoms with Gasteiger partial charge in [-0.15, -0.1) is 0 Å². The van der Waals surface area contributed by atoms with Gasteiger partial charge in [-0.2, -0.15) is 11.8 Å². The monoisotopic (exact) mass is 206 g/mol. The Hall–Kier alpha value is -1.09. The Labute approximate surface area is 88.1 Å². The summed E-state index contributed by atoms with van der Waals surface area (Å²) in [7, 11) is 0. The zero-order valence-electron chi connectivity index (χ0n) is 8.23. The van der Waals surface area contributed by atoms with Crippen LogP contribution in [0.2, 0.25) is 0 Å². The molecule has 0 spiro atoms. The molecule has 2 N–H and O–H groups in total. The quantitative estimate of drug-likeness (QED) is 0.782. The third-order valence-electron chi connectivity index (χ3n) is 2.33. The fourth-order valence-corrected chi connectivity index (χ4v) is 1.98. The summed E-state index contributed by atoms with van der Waals surface area (Å²) < 4.78 is 2.27. The van der Waals surface area contributed by atoms with Crippen LogP contribution in [-0.2, 0) is 6.54 Å². The fraction of sp³-hybridized carbons (Fsp3) is 0.273. The number of benzene rings is 1. The summed E-state index contributed by atoms with van der Waals surface area (Å²) in [6.45, 7) is 1.06. The maximum absolute atomic E-state index is 5.72. The molecule has 74 valence electrons. The molecule has 14 heavy (non-hydrogen) atoms. The van der Waals surface area contributed by atoms with Crippen LogP contribution in [0.1, 0.15) is 0 Å². The molecular weight excluding hydrogens is 192 g/mol. The van der Waals surface area contributed by atoms with Gasteiger partial charge in [0.15, 0.2) is 0 Å². The van der Waals surface area contributed by atoms with Gasteiger partial charge in [-0.3, -0.25) is 0 Å². The predicted molar refractivity (Wildman–Crippen MR) is 64.7 cm³/mol. The van der Waals surface area contributed by atoms with Crippen LogP contribution in [0.5, 0.6) is 0 Å². The van der Waals surface area contributed by atoms with Gasteiger partial charge < -0.3 is 10.3 Å². The lowest BCUT2D eigenvalue weighted by Gasteiger charge is -2.03. The van der Waals surface area contributed by atoms with Crippen LogP contribution < -0.4 is 5.73 Å². The van der Waals surface area contributed by atoms with Gasteiger partial charge >= 0.3 is 0 Å². The highest BCUT2D eigenvalue weighted by atomic mass is 32.2. The van der Waals surface area contributed by atoms with Crippen LogP contribution in [0.4, 0.5) is 5.69 Å².